The number of benzene rings is 1. The lowest BCUT2D eigenvalue weighted by atomic mass is 9.91. The van der Waals surface area contributed by atoms with Crippen molar-refractivity contribution in [1.82, 2.24) is 4.90 Å². The van der Waals surface area contributed by atoms with E-state index in [1.54, 1.807) is 0 Å². The average Bonchev–Trinajstić information content (AvgIpc) is 2.48. The minimum atomic E-state index is -0.674. The molecule has 4 heteroatoms. The molecule has 116 valence electrons. The molecule has 0 aliphatic carbocycles. The maximum absolute atomic E-state index is 10.7. The Labute approximate surface area is 135 Å². The topological polar surface area (TPSA) is 40.5 Å². The highest BCUT2D eigenvalue weighted by Crippen LogP contribution is 2.31. The molecule has 1 aromatic carbocycles. The summed E-state index contributed by atoms with van der Waals surface area (Å²) in [6.45, 7) is 4.38. The van der Waals surface area contributed by atoms with Gasteiger partial charge in [0.1, 0.15) is 0 Å². The van der Waals surface area contributed by atoms with Crippen molar-refractivity contribution in [2.45, 2.75) is 45.1 Å². The molecule has 2 atom stereocenters. The van der Waals surface area contributed by atoms with Crippen molar-refractivity contribution in [3.63, 3.8) is 0 Å². The van der Waals surface area contributed by atoms with E-state index in [4.69, 9.17) is 5.11 Å². The van der Waals surface area contributed by atoms with Gasteiger partial charge in [-0.2, -0.15) is 0 Å². The van der Waals surface area contributed by atoms with E-state index in [1.807, 2.05) is 0 Å². The predicted octanol–water partition coefficient (Wildman–Crippen LogP) is 4.48. The molecule has 0 amide bonds. The smallest absolute Gasteiger partial charge is 0.303 e. The third-order valence-corrected chi connectivity index (χ3v) is 4.93. The third kappa shape index (κ3) is 4.82. The van der Waals surface area contributed by atoms with Crippen LogP contribution >= 0.6 is 15.9 Å². The SMILES string of the molecule is CCC(c1ccc(Br)cc1)N1CCCC(CCC(=O)O)C1. The molecule has 1 N–H and O–H groups in total. The van der Waals surface area contributed by atoms with Crippen LogP contribution in [0.2, 0.25) is 0 Å². The fourth-order valence-corrected chi connectivity index (χ4v) is 3.60. The summed E-state index contributed by atoms with van der Waals surface area (Å²) in [6.07, 6.45) is 4.54. The summed E-state index contributed by atoms with van der Waals surface area (Å²) in [7, 11) is 0. The van der Waals surface area contributed by atoms with Crippen LogP contribution < -0.4 is 0 Å². The molecule has 0 spiro atoms. The first-order chi connectivity index (χ1) is 10.1. The Morgan fingerprint density at radius 1 is 1.43 bits per heavy atom. The van der Waals surface area contributed by atoms with Gasteiger partial charge in [0.05, 0.1) is 0 Å². The zero-order valence-electron chi connectivity index (χ0n) is 12.6. The maximum atomic E-state index is 10.7. The largest absolute Gasteiger partial charge is 0.481 e. The number of carboxylic acid groups (broad SMARTS) is 1. The second-order valence-corrected chi connectivity index (χ2v) is 6.83. The van der Waals surface area contributed by atoms with E-state index in [1.165, 1.54) is 18.4 Å². The molecular weight excluding hydrogens is 330 g/mol. The molecule has 2 rings (SSSR count). The zero-order valence-corrected chi connectivity index (χ0v) is 14.2. The van der Waals surface area contributed by atoms with Crippen LogP contribution in [0.5, 0.6) is 0 Å². The van der Waals surface area contributed by atoms with Crippen molar-refractivity contribution in [2.75, 3.05) is 13.1 Å². The molecule has 3 nitrogen and oxygen atoms in total. The van der Waals surface area contributed by atoms with Gasteiger partial charge in [0.2, 0.25) is 0 Å². The highest BCUT2D eigenvalue weighted by atomic mass is 79.9. The number of nitrogens with zero attached hydrogens (tertiary/aromatic N) is 1. The second kappa shape index (κ2) is 7.95. The molecule has 1 saturated heterocycles. The lowest BCUT2D eigenvalue weighted by molar-refractivity contribution is -0.137. The molecule has 0 bridgehead atoms. The average molecular weight is 354 g/mol. The molecular formula is C17H24BrNO2. The highest BCUT2D eigenvalue weighted by Gasteiger charge is 2.26. The van der Waals surface area contributed by atoms with Crippen molar-refractivity contribution < 1.29 is 9.90 Å². The van der Waals surface area contributed by atoms with E-state index in [-0.39, 0.29) is 0 Å². The Bertz CT molecular complexity index is 460. The number of hydrogen-bond acceptors (Lipinski definition) is 2. The molecule has 1 fully saturated rings. The summed E-state index contributed by atoms with van der Waals surface area (Å²) >= 11 is 3.49. The van der Waals surface area contributed by atoms with Crippen LogP contribution in [0.25, 0.3) is 0 Å². The first-order valence-corrected chi connectivity index (χ1v) is 8.60. The second-order valence-electron chi connectivity index (χ2n) is 5.91. The fourth-order valence-electron chi connectivity index (χ4n) is 3.33. The number of carboxylic acids is 1. The summed E-state index contributed by atoms with van der Waals surface area (Å²) < 4.78 is 1.11. The molecule has 1 aromatic rings. The number of aliphatic carboxylic acids is 1. The highest BCUT2D eigenvalue weighted by molar-refractivity contribution is 9.10. The van der Waals surface area contributed by atoms with E-state index in [9.17, 15) is 4.79 Å². The summed E-state index contributed by atoms with van der Waals surface area (Å²) in [4.78, 5) is 13.3. The quantitative estimate of drug-likeness (QED) is 0.819. The van der Waals surface area contributed by atoms with E-state index < -0.39 is 5.97 Å². The van der Waals surface area contributed by atoms with Crippen LogP contribution in [0.3, 0.4) is 0 Å². The zero-order chi connectivity index (χ0) is 15.2. The molecule has 0 saturated carbocycles. The monoisotopic (exact) mass is 353 g/mol. The number of halogens is 1. The van der Waals surface area contributed by atoms with Crippen molar-refractivity contribution >= 4 is 21.9 Å². The number of hydrogen-bond donors (Lipinski definition) is 1. The summed E-state index contributed by atoms with van der Waals surface area (Å²) in [5, 5.41) is 8.85. The standard InChI is InChI=1S/C17H24BrNO2/c1-2-16(14-6-8-15(18)9-7-14)19-11-3-4-13(12-19)5-10-17(20)21/h6-9,13,16H,2-5,10-12H2,1H3,(H,20,21). The predicted molar refractivity (Wildman–Crippen MR) is 88.3 cm³/mol. The van der Waals surface area contributed by atoms with Crippen LogP contribution in [0.4, 0.5) is 0 Å². The number of piperidine rings is 1. The van der Waals surface area contributed by atoms with Gasteiger partial charge in [0.25, 0.3) is 0 Å². The Morgan fingerprint density at radius 2 is 2.14 bits per heavy atom. The van der Waals surface area contributed by atoms with Gasteiger partial charge in [0, 0.05) is 23.5 Å². The van der Waals surface area contributed by atoms with Gasteiger partial charge >= 0.3 is 5.97 Å². The summed E-state index contributed by atoms with van der Waals surface area (Å²) in [5.41, 5.74) is 1.36. The minimum Gasteiger partial charge on any atom is -0.481 e. The minimum absolute atomic E-state index is 0.299. The van der Waals surface area contributed by atoms with Gasteiger partial charge < -0.3 is 5.11 Å². The molecule has 1 aliphatic heterocycles. The van der Waals surface area contributed by atoms with Crippen LogP contribution in [0.15, 0.2) is 28.7 Å². The van der Waals surface area contributed by atoms with Crippen molar-refractivity contribution in [2.24, 2.45) is 5.92 Å². The normalized spacial score (nSPS) is 21.1. The number of rotatable bonds is 6. The molecule has 0 aromatic heterocycles. The van der Waals surface area contributed by atoms with Gasteiger partial charge in [-0.1, -0.05) is 35.0 Å². The summed E-state index contributed by atoms with van der Waals surface area (Å²) in [5.74, 6) is -0.147. The molecule has 1 heterocycles. The lowest BCUT2D eigenvalue weighted by Crippen LogP contribution is -2.38. The first kappa shape index (κ1) is 16.5. The Hall–Kier alpha value is -0.870. The summed E-state index contributed by atoms with van der Waals surface area (Å²) in [6, 6.07) is 9.04. The van der Waals surface area contributed by atoms with E-state index in [2.05, 4.69) is 52.0 Å². The maximum Gasteiger partial charge on any atom is 0.303 e. The molecule has 1 aliphatic rings. The number of likely N-dealkylation sites (tertiary alicyclic amines) is 1. The van der Waals surface area contributed by atoms with Crippen molar-refractivity contribution in [3.8, 4) is 0 Å². The van der Waals surface area contributed by atoms with Gasteiger partial charge in [-0.3, -0.25) is 9.69 Å². The molecule has 2 unspecified atom stereocenters. The van der Waals surface area contributed by atoms with E-state index in [0.29, 0.717) is 18.4 Å². The van der Waals surface area contributed by atoms with E-state index in [0.717, 1.165) is 30.4 Å². The third-order valence-electron chi connectivity index (χ3n) is 4.40. The Morgan fingerprint density at radius 3 is 2.76 bits per heavy atom. The van der Waals surface area contributed by atoms with Gasteiger partial charge in [-0.05, 0) is 55.8 Å². The van der Waals surface area contributed by atoms with Crippen LogP contribution in [-0.2, 0) is 4.79 Å². The molecule has 21 heavy (non-hydrogen) atoms. The van der Waals surface area contributed by atoms with Crippen LogP contribution in [-0.4, -0.2) is 29.1 Å². The Kier molecular flexibility index (Phi) is 6.24. The van der Waals surface area contributed by atoms with Crippen LogP contribution in [0, 0.1) is 5.92 Å². The number of carbonyl (C=O) groups is 1. The first-order valence-electron chi connectivity index (χ1n) is 7.81. The Balaban J connectivity index is 2.00. The lowest BCUT2D eigenvalue weighted by Gasteiger charge is -2.38. The van der Waals surface area contributed by atoms with E-state index >= 15 is 0 Å². The molecule has 0 radical (unpaired) electrons. The van der Waals surface area contributed by atoms with Crippen molar-refractivity contribution in [1.29, 1.82) is 0 Å². The van der Waals surface area contributed by atoms with Gasteiger partial charge in [-0.15, -0.1) is 0 Å². The van der Waals surface area contributed by atoms with Crippen molar-refractivity contribution in [3.05, 3.63) is 34.3 Å². The fraction of sp³-hybridized carbons (Fsp3) is 0.588. The van der Waals surface area contributed by atoms with Crippen LogP contribution in [0.1, 0.15) is 50.6 Å². The van der Waals surface area contributed by atoms with Gasteiger partial charge in [0.15, 0.2) is 0 Å². The van der Waals surface area contributed by atoms with Gasteiger partial charge in [-0.25, -0.2) is 0 Å².